The molecule has 2 unspecified atom stereocenters. The van der Waals surface area contributed by atoms with E-state index in [1.807, 2.05) is 18.2 Å². The quantitative estimate of drug-likeness (QED) is 0.576. The number of halogens is 2. The molecule has 6 heterocycles. The van der Waals surface area contributed by atoms with Gasteiger partial charge in [-0.25, -0.2) is 0 Å². The molecular formula is C18H8Br2N2O4. The van der Waals surface area contributed by atoms with Crippen LogP contribution < -0.4 is 0 Å². The van der Waals surface area contributed by atoms with Crippen molar-refractivity contribution in [3.05, 3.63) is 68.1 Å². The van der Waals surface area contributed by atoms with E-state index in [0.717, 1.165) is 5.56 Å². The first-order valence-electron chi connectivity index (χ1n) is 7.91. The molecule has 0 radical (unpaired) electrons. The summed E-state index contributed by atoms with van der Waals surface area (Å²) in [7, 11) is 0. The normalized spacial score (nSPS) is 27.5. The van der Waals surface area contributed by atoms with E-state index in [4.69, 9.17) is 9.15 Å². The van der Waals surface area contributed by atoms with Gasteiger partial charge in [-0.05, 0) is 50.1 Å². The van der Waals surface area contributed by atoms with Gasteiger partial charge in [0.15, 0.2) is 21.2 Å². The number of ether oxygens (including phenoxy) is 1. The van der Waals surface area contributed by atoms with Gasteiger partial charge in [-0.1, -0.05) is 6.08 Å². The number of hydrogen-bond donors (Lipinski definition) is 0. The Balaban J connectivity index is 1.63. The molecule has 0 saturated heterocycles. The Hall–Kier alpha value is -2.32. The third-order valence-corrected chi connectivity index (χ3v) is 5.94. The minimum absolute atomic E-state index is 0.0189. The van der Waals surface area contributed by atoms with E-state index in [2.05, 4.69) is 31.9 Å². The van der Waals surface area contributed by atoms with Crippen molar-refractivity contribution in [3.8, 4) is 0 Å². The number of amides is 2. The van der Waals surface area contributed by atoms with E-state index in [1.165, 1.54) is 9.80 Å². The Morgan fingerprint density at radius 3 is 2.69 bits per heavy atom. The first-order chi connectivity index (χ1) is 12.5. The zero-order chi connectivity index (χ0) is 17.7. The Morgan fingerprint density at radius 1 is 1.04 bits per heavy atom. The van der Waals surface area contributed by atoms with Crippen LogP contribution in [-0.4, -0.2) is 27.7 Å². The number of carbonyl (C=O) groups is 2. The molecule has 2 atom stereocenters. The third-order valence-electron chi connectivity index (χ3n) is 5.10. The van der Waals surface area contributed by atoms with Crippen LogP contribution >= 0.6 is 31.9 Å². The number of nitrogens with zero attached hydrogens (tertiary/aromatic N) is 2. The van der Waals surface area contributed by atoms with Gasteiger partial charge in [-0.3, -0.25) is 19.4 Å². The molecule has 0 N–H and O–H groups in total. The number of furan rings is 1. The molecule has 26 heavy (non-hydrogen) atoms. The van der Waals surface area contributed by atoms with Crippen molar-refractivity contribution in [1.82, 2.24) is 9.80 Å². The molecule has 5 aliphatic rings. The fourth-order valence-electron chi connectivity index (χ4n) is 4.05. The van der Waals surface area contributed by atoms with Gasteiger partial charge < -0.3 is 9.15 Å². The van der Waals surface area contributed by atoms with Crippen LogP contribution in [-0.2, 0) is 14.3 Å². The summed E-state index contributed by atoms with van der Waals surface area (Å²) in [6.07, 6.45) is 8.63. The average molecular weight is 476 g/mol. The molecule has 6 nitrogen and oxygen atoms in total. The maximum Gasteiger partial charge on any atom is 0.265 e. The van der Waals surface area contributed by atoms with Crippen molar-refractivity contribution in [2.75, 3.05) is 0 Å². The summed E-state index contributed by atoms with van der Waals surface area (Å²) in [6.45, 7) is 0. The zero-order valence-corrected chi connectivity index (χ0v) is 16.1. The predicted molar refractivity (Wildman–Crippen MR) is 97.6 cm³/mol. The zero-order valence-electron chi connectivity index (χ0n) is 12.9. The molecule has 0 fully saturated rings. The molecule has 128 valence electrons. The number of fused-ring (bicyclic) bond motifs is 7. The van der Waals surface area contributed by atoms with Crippen LogP contribution in [0.3, 0.4) is 0 Å². The van der Waals surface area contributed by atoms with E-state index in [9.17, 15) is 9.59 Å². The van der Waals surface area contributed by atoms with Gasteiger partial charge in [-0.15, -0.1) is 0 Å². The Labute approximate surface area is 164 Å². The van der Waals surface area contributed by atoms with E-state index in [0.29, 0.717) is 37.6 Å². The van der Waals surface area contributed by atoms with E-state index >= 15 is 0 Å². The second-order valence-electron chi connectivity index (χ2n) is 6.41. The highest BCUT2D eigenvalue weighted by molar-refractivity contribution is 9.11. The Kier molecular flexibility index (Phi) is 2.67. The van der Waals surface area contributed by atoms with Gasteiger partial charge in [0.2, 0.25) is 0 Å². The van der Waals surface area contributed by atoms with E-state index in [1.54, 1.807) is 18.5 Å². The SMILES string of the molecule is O=C1C2=C3C4OC(Br)=CC4C=CN3C(=O)C2=C2c3oc(Br)cc3C=CN12. The first-order valence-corrected chi connectivity index (χ1v) is 9.49. The van der Waals surface area contributed by atoms with Crippen LogP contribution in [0.25, 0.3) is 11.8 Å². The summed E-state index contributed by atoms with van der Waals surface area (Å²) in [5, 5.41) is 0. The fraction of sp³-hybridized carbons (Fsp3) is 0.111. The maximum atomic E-state index is 13.1. The topological polar surface area (TPSA) is 63.0 Å². The van der Waals surface area contributed by atoms with Crippen LogP contribution in [0.5, 0.6) is 0 Å². The summed E-state index contributed by atoms with van der Waals surface area (Å²) in [5.74, 6) is 0.0140. The molecule has 0 aliphatic carbocycles. The average Bonchev–Trinajstić information content (AvgIpc) is 3.30. The first kappa shape index (κ1) is 14.8. The van der Waals surface area contributed by atoms with E-state index in [-0.39, 0.29) is 17.7 Å². The van der Waals surface area contributed by atoms with Gasteiger partial charge in [-0.2, -0.15) is 0 Å². The lowest BCUT2D eigenvalue weighted by Gasteiger charge is -2.29. The standard InChI is InChI=1S/C18H8Br2N2O4/c19-9-5-7-1-3-21-13(15(7)25-9)11-12(17(21)23)14-16-8(6-10(20)26-16)2-4-22(14)18(11)24/h1-7,15H. The lowest BCUT2D eigenvalue weighted by molar-refractivity contribution is -0.123. The van der Waals surface area contributed by atoms with Crippen LogP contribution in [0.2, 0.25) is 0 Å². The van der Waals surface area contributed by atoms with Crippen LogP contribution in [0.4, 0.5) is 0 Å². The van der Waals surface area contributed by atoms with Crippen molar-refractivity contribution >= 4 is 55.4 Å². The van der Waals surface area contributed by atoms with Crippen molar-refractivity contribution in [1.29, 1.82) is 0 Å². The Morgan fingerprint density at radius 2 is 1.85 bits per heavy atom. The highest BCUT2D eigenvalue weighted by Crippen LogP contribution is 2.51. The highest BCUT2D eigenvalue weighted by Gasteiger charge is 2.54. The smallest absolute Gasteiger partial charge is 0.265 e. The van der Waals surface area contributed by atoms with Gasteiger partial charge in [0, 0.05) is 23.9 Å². The molecule has 5 aliphatic heterocycles. The van der Waals surface area contributed by atoms with Gasteiger partial charge in [0.25, 0.3) is 11.8 Å². The summed E-state index contributed by atoms with van der Waals surface area (Å²) < 4.78 is 12.7. The molecule has 8 heteroatoms. The van der Waals surface area contributed by atoms with Gasteiger partial charge in [0.05, 0.1) is 16.8 Å². The van der Waals surface area contributed by atoms with Crippen LogP contribution in [0.15, 0.2) is 61.2 Å². The number of hydrogen-bond acceptors (Lipinski definition) is 4. The van der Waals surface area contributed by atoms with E-state index < -0.39 is 6.10 Å². The summed E-state index contributed by atoms with van der Waals surface area (Å²) in [4.78, 5) is 29.3. The molecule has 0 saturated carbocycles. The molecule has 6 rings (SSSR count). The third kappa shape index (κ3) is 1.62. The predicted octanol–water partition coefficient (Wildman–Crippen LogP) is 3.45. The molecule has 0 bridgehead atoms. The maximum absolute atomic E-state index is 13.1. The van der Waals surface area contributed by atoms with Crippen LogP contribution in [0.1, 0.15) is 11.3 Å². The van der Waals surface area contributed by atoms with Gasteiger partial charge in [0.1, 0.15) is 5.70 Å². The lowest BCUT2D eigenvalue weighted by Crippen LogP contribution is -2.35. The molecular weight excluding hydrogens is 468 g/mol. The number of rotatable bonds is 0. The van der Waals surface area contributed by atoms with Crippen molar-refractivity contribution in [2.45, 2.75) is 6.10 Å². The van der Waals surface area contributed by atoms with Crippen LogP contribution in [0, 0.1) is 5.92 Å². The largest absolute Gasteiger partial charge is 0.477 e. The summed E-state index contributed by atoms with van der Waals surface area (Å²) in [6, 6.07) is 1.82. The highest BCUT2D eigenvalue weighted by atomic mass is 79.9. The lowest BCUT2D eigenvalue weighted by atomic mass is 9.95. The second kappa shape index (κ2) is 4.69. The Bertz CT molecular complexity index is 1100. The molecule has 0 aromatic carbocycles. The molecule has 0 spiro atoms. The van der Waals surface area contributed by atoms with Crippen molar-refractivity contribution in [3.63, 3.8) is 0 Å². The molecule has 1 aromatic heterocycles. The molecule has 1 aromatic rings. The molecule has 2 amide bonds. The summed E-state index contributed by atoms with van der Waals surface area (Å²) >= 11 is 6.67. The van der Waals surface area contributed by atoms with Gasteiger partial charge >= 0.3 is 0 Å². The van der Waals surface area contributed by atoms with Crippen molar-refractivity contribution in [2.24, 2.45) is 5.92 Å². The minimum atomic E-state index is -0.400. The number of carbonyl (C=O) groups excluding carboxylic acids is 2. The minimum Gasteiger partial charge on any atom is -0.477 e. The second-order valence-corrected chi connectivity index (χ2v) is 7.98. The fourth-order valence-corrected chi connectivity index (χ4v) is 4.97. The summed E-state index contributed by atoms with van der Waals surface area (Å²) in [5.41, 5.74) is 2.67. The monoisotopic (exact) mass is 474 g/mol. The van der Waals surface area contributed by atoms with Crippen molar-refractivity contribution < 1.29 is 18.7 Å².